The van der Waals surface area contributed by atoms with Crippen molar-refractivity contribution in [1.29, 1.82) is 0 Å². The molecule has 2 aliphatic rings. The van der Waals surface area contributed by atoms with Crippen molar-refractivity contribution in [3.05, 3.63) is 59.0 Å². The average Bonchev–Trinajstić information content (AvgIpc) is 3.34. The van der Waals surface area contributed by atoms with E-state index >= 15 is 0 Å². The quantitative estimate of drug-likeness (QED) is 0.438. The number of hydrogen-bond acceptors (Lipinski definition) is 3. The second kappa shape index (κ2) is 7.27. The fourth-order valence-electron chi connectivity index (χ4n) is 4.90. The molecule has 0 amide bonds. The molecule has 3 aromatic rings. The van der Waals surface area contributed by atoms with Gasteiger partial charge in [0.1, 0.15) is 11.6 Å². The molecule has 2 aromatic carbocycles. The maximum Gasteiger partial charge on any atom is 0.586 e. The number of rotatable bonds is 7. The van der Waals surface area contributed by atoms with Gasteiger partial charge in [-0.05, 0) is 60.7 Å². The Labute approximate surface area is 190 Å². The maximum atomic E-state index is 14.9. The van der Waals surface area contributed by atoms with E-state index in [1.54, 1.807) is 12.1 Å². The van der Waals surface area contributed by atoms with Gasteiger partial charge in [0.15, 0.2) is 11.5 Å². The number of aromatic amines is 1. The third-order valence-electron chi connectivity index (χ3n) is 6.98. The zero-order valence-electron chi connectivity index (χ0n) is 18.9. The van der Waals surface area contributed by atoms with Gasteiger partial charge in [0.05, 0.1) is 5.41 Å². The standard InChI is InChI=1S/C26H26F3NO3/c1-4-7-24(2,3)22-11-16-10-15(18(27)14-19(16)30-22)12-23(31)25(8-9-25)17-5-6-20-21(13-17)33-26(28,29)32-20/h5-6,10-11,13-14,30H,4,7-9,12H2,1-3H3. The first-order valence-corrected chi connectivity index (χ1v) is 11.3. The fourth-order valence-corrected chi connectivity index (χ4v) is 4.90. The fraction of sp³-hybridized carbons (Fsp3) is 0.423. The minimum atomic E-state index is -3.71. The highest BCUT2D eigenvalue weighted by atomic mass is 19.3. The van der Waals surface area contributed by atoms with Gasteiger partial charge < -0.3 is 14.5 Å². The van der Waals surface area contributed by atoms with Crippen LogP contribution in [0.5, 0.6) is 11.5 Å². The number of ether oxygens (including phenoxy) is 2. The Morgan fingerprint density at radius 3 is 2.52 bits per heavy atom. The van der Waals surface area contributed by atoms with Crippen molar-refractivity contribution < 1.29 is 27.4 Å². The summed E-state index contributed by atoms with van der Waals surface area (Å²) in [5.41, 5.74) is 1.82. The molecule has 5 rings (SSSR count). The number of fused-ring (bicyclic) bond motifs is 2. The predicted octanol–water partition coefficient (Wildman–Crippen LogP) is 6.55. The lowest BCUT2D eigenvalue weighted by Crippen LogP contribution is -2.26. The lowest BCUT2D eigenvalue weighted by atomic mass is 9.84. The molecule has 1 saturated carbocycles. The predicted molar refractivity (Wildman–Crippen MR) is 118 cm³/mol. The summed E-state index contributed by atoms with van der Waals surface area (Å²) in [6.45, 7) is 6.44. The minimum absolute atomic E-state index is 0.0576. The summed E-state index contributed by atoms with van der Waals surface area (Å²) in [6, 6.07) is 9.66. The molecule has 0 radical (unpaired) electrons. The smallest absolute Gasteiger partial charge is 0.395 e. The highest BCUT2D eigenvalue weighted by Gasteiger charge is 2.52. The molecule has 4 nitrogen and oxygen atoms in total. The molecule has 1 aliphatic heterocycles. The summed E-state index contributed by atoms with van der Waals surface area (Å²) in [5.74, 6) is -0.705. The van der Waals surface area contributed by atoms with E-state index in [9.17, 15) is 18.0 Å². The minimum Gasteiger partial charge on any atom is -0.395 e. The molecular weight excluding hydrogens is 431 g/mol. The van der Waals surface area contributed by atoms with Gasteiger partial charge in [0.2, 0.25) is 0 Å². The summed E-state index contributed by atoms with van der Waals surface area (Å²) in [6.07, 6.45) is -0.559. The summed E-state index contributed by atoms with van der Waals surface area (Å²) < 4.78 is 50.6. The van der Waals surface area contributed by atoms with Crippen LogP contribution in [0.3, 0.4) is 0 Å². The van der Waals surface area contributed by atoms with E-state index in [2.05, 4.69) is 35.2 Å². The Hall–Kier alpha value is -2.96. The number of halogens is 3. The molecule has 1 aromatic heterocycles. The molecule has 33 heavy (non-hydrogen) atoms. The summed E-state index contributed by atoms with van der Waals surface area (Å²) in [4.78, 5) is 16.6. The van der Waals surface area contributed by atoms with Crippen molar-refractivity contribution >= 4 is 16.7 Å². The van der Waals surface area contributed by atoms with E-state index < -0.39 is 17.5 Å². The molecule has 7 heteroatoms. The van der Waals surface area contributed by atoms with Crippen molar-refractivity contribution in [2.24, 2.45) is 0 Å². The number of ketones is 1. The van der Waals surface area contributed by atoms with Crippen LogP contribution in [0, 0.1) is 5.82 Å². The van der Waals surface area contributed by atoms with E-state index in [1.165, 1.54) is 18.2 Å². The topological polar surface area (TPSA) is 51.3 Å². The van der Waals surface area contributed by atoms with Crippen LogP contribution in [0.1, 0.15) is 63.3 Å². The first-order chi connectivity index (χ1) is 15.5. The molecule has 0 unspecified atom stereocenters. The highest BCUT2D eigenvalue weighted by Crippen LogP contribution is 2.52. The van der Waals surface area contributed by atoms with Crippen LogP contribution >= 0.6 is 0 Å². The average molecular weight is 457 g/mol. The Morgan fingerprint density at radius 1 is 1.09 bits per heavy atom. The molecule has 1 N–H and O–H groups in total. The third kappa shape index (κ3) is 3.77. The van der Waals surface area contributed by atoms with Crippen molar-refractivity contribution in [3.8, 4) is 11.5 Å². The molecule has 0 atom stereocenters. The zero-order valence-corrected chi connectivity index (χ0v) is 18.9. The molecule has 1 aliphatic carbocycles. The van der Waals surface area contributed by atoms with Crippen molar-refractivity contribution in [2.45, 2.75) is 70.0 Å². The van der Waals surface area contributed by atoms with Gasteiger partial charge in [-0.3, -0.25) is 4.79 Å². The number of nitrogens with one attached hydrogen (secondary N) is 1. The van der Waals surface area contributed by atoms with E-state index in [0.717, 1.165) is 23.9 Å². The van der Waals surface area contributed by atoms with Gasteiger partial charge in [-0.15, -0.1) is 8.78 Å². The number of hydrogen-bond donors (Lipinski definition) is 1. The Kier molecular flexibility index (Phi) is 4.82. The number of alkyl halides is 2. The lowest BCUT2D eigenvalue weighted by Gasteiger charge is -2.22. The SMILES string of the molecule is CCCC(C)(C)c1cc2cc(CC(=O)C3(c4ccc5c(c4)OC(F)(F)O5)CC3)c(F)cc2[nH]1. The first kappa shape index (κ1) is 21.9. The van der Waals surface area contributed by atoms with E-state index in [1.807, 2.05) is 6.07 Å². The van der Waals surface area contributed by atoms with Gasteiger partial charge in [0, 0.05) is 28.4 Å². The van der Waals surface area contributed by atoms with Crippen LogP contribution in [-0.2, 0) is 22.0 Å². The third-order valence-corrected chi connectivity index (χ3v) is 6.98. The molecule has 0 saturated heterocycles. The second-order valence-corrected chi connectivity index (χ2v) is 9.86. The van der Waals surface area contributed by atoms with Crippen LogP contribution in [0.2, 0.25) is 0 Å². The number of carbonyl (C=O) groups excluding carboxylic acids is 1. The molecule has 1 fully saturated rings. The number of benzene rings is 2. The Bertz CT molecular complexity index is 1260. The van der Waals surface area contributed by atoms with Crippen LogP contribution < -0.4 is 9.47 Å². The number of H-pyrrole nitrogens is 1. The number of carbonyl (C=O) groups is 1. The second-order valence-electron chi connectivity index (χ2n) is 9.86. The Balaban J connectivity index is 1.41. The van der Waals surface area contributed by atoms with Crippen molar-refractivity contribution in [2.75, 3.05) is 0 Å². The molecule has 174 valence electrons. The van der Waals surface area contributed by atoms with Crippen LogP contribution in [0.25, 0.3) is 10.9 Å². The summed E-state index contributed by atoms with van der Waals surface area (Å²) in [7, 11) is 0. The Morgan fingerprint density at radius 2 is 1.82 bits per heavy atom. The molecule has 0 bridgehead atoms. The maximum absolute atomic E-state index is 14.9. The van der Waals surface area contributed by atoms with E-state index in [4.69, 9.17) is 0 Å². The van der Waals surface area contributed by atoms with E-state index in [0.29, 0.717) is 29.5 Å². The number of aromatic nitrogens is 1. The first-order valence-electron chi connectivity index (χ1n) is 11.3. The monoisotopic (exact) mass is 457 g/mol. The van der Waals surface area contributed by atoms with Crippen molar-refractivity contribution in [1.82, 2.24) is 4.98 Å². The van der Waals surface area contributed by atoms with Crippen LogP contribution in [0.4, 0.5) is 13.2 Å². The molecule has 2 heterocycles. The normalized spacial score (nSPS) is 18.0. The lowest BCUT2D eigenvalue weighted by molar-refractivity contribution is -0.286. The van der Waals surface area contributed by atoms with Crippen LogP contribution in [0.15, 0.2) is 36.4 Å². The van der Waals surface area contributed by atoms with Gasteiger partial charge in [-0.1, -0.05) is 33.3 Å². The van der Waals surface area contributed by atoms with Gasteiger partial charge >= 0.3 is 6.29 Å². The summed E-state index contributed by atoms with van der Waals surface area (Å²) >= 11 is 0. The zero-order chi connectivity index (χ0) is 23.6. The molecule has 0 spiro atoms. The molecular formula is C26H26F3NO3. The highest BCUT2D eigenvalue weighted by molar-refractivity contribution is 5.95. The van der Waals surface area contributed by atoms with E-state index in [-0.39, 0.29) is 29.1 Å². The van der Waals surface area contributed by atoms with Crippen LogP contribution in [-0.4, -0.2) is 17.1 Å². The van der Waals surface area contributed by atoms with Gasteiger partial charge in [-0.25, -0.2) is 4.39 Å². The van der Waals surface area contributed by atoms with Crippen molar-refractivity contribution in [3.63, 3.8) is 0 Å². The van der Waals surface area contributed by atoms with Gasteiger partial charge in [0.25, 0.3) is 0 Å². The van der Waals surface area contributed by atoms with Gasteiger partial charge in [-0.2, -0.15) is 0 Å². The number of Topliss-reactive ketones (excluding diaryl/α,β-unsaturated/α-hetero) is 1. The summed E-state index contributed by atoms with van der Waals surface area (Å²) in [5, 5.41) is 0.869. The largest absolute Gasteiger partial charge is 0.586 e.